The Morgan fingerprint density at radius 2 is 1.73 bits per heavy atom. The van der Waals surface area contributed by atoms with Crippen molar-refractivity contribution in [3.63, 3.8) is 0 Å². The van der Waals surface area contributed by atoms with Crippen LogP contribution in [0.3, 0.4) is 0 Å². The maximum absolute atomic E-state index is 13.2. The van der Waals surface area contributed by atoms with Crippen molar-refractivity contribution in [1.29, 1.82) is 0 Å². The van der Waals surface area contributed by atoms with E-state index in [1.165, 1.54) is 65.8 Å². The molecule has 1 fully saturated rings. The number of nitro benzene ring substituents is 1. The van der Waals surface area contributed by atoms with Gasteiger partial charge >= 0.3 is 5.97 Å². The van der Waals surface area contributed by atoms with Crippen molar-refractivity contribution in [3.05, 3.63) is 105 Å². The lowest BCUT2D eigenvalue weighted by Gasteiger charge is -2.25. The van der Waals surface area contributed by atoms with Crippen molar-refractivity contribution in [2.75, 3.05) is 11.5 Å². The molecule has 1 N–H and O–H groups in total. The number of carbonyl (C=O) groups is 3. The Labute approximate surface area is 212 Å². The van der Waals surface area contributed by atoms with Crippen molar-refractivity contribution in [1.82, 2.24) is 4.98 Å². The Morgan fingerprint density at radius 3 is 2.30 bits per heavy atom. The van der Waals surface area contributed by atoms with Crippen molar-refractivity contribution in [2.45, 2.75) is 19.9 Å². The van der Waals surface area contributed by atoms with Crippen LogP contribution in [0.15, 0.2) is 78.6 Å². The first-order valence-electron chi connectivity index (χ1n) is 11.4. The van der Waals surface area contributed by atoms with Gasteiger partial charge in [-0.2, -0.15) is 0 Å². The number of anilines is 1. The molecule has 1 aliphatic heterocycles. The maximum Gasteiger partial charge on any atom is 0.338 e. The second-order valence-corrected chi connectivity index (χ2v) is 8.80. The van der Waals surface area contributed by atoms with E-state index < -0.39 is 34.4 Å². The third-order valence-corrected chi connectivity index (χ3v) is 5.73. The minimum atomic E-state index is -1.03. The van der Waals surface area contributed by atoms with Gasteiger partial charge in [0, 0.05) is 35.8 Å². The standard InChI is InChI=1S/C27H23N3O7/c1-16(2)15-37-27(34)18-7-9-20(10-8-18)29-23(19-4-3-13-28-14-19)22(25(32)26(29)33)24(31)17-5-11-21(12-6-17)30(35)36/h3-14,16,23,31H,15H2,1-2H3/b24-22-. The summed E-state index contributed by atoms with van der Waals surface area (Å²) in [5.74, 6) is -2.62. The normalized spacial score (nSPS) is 16.7. The van der Waals surface area contributed by atoms with Crippen LogP contribution in [0, 0.1) is 16.0 Å². The number of aliphatic hydroxyl groups excluding tert-OH is 1. The first-order chi connectivity index (χ1) is 17.7. The van der Waals surface area contributed by atoms with E-state index in [4.69, 9.17) is 4.74 Å². The van der Waals surface area contributed by atoms with Crippen molar-refractivity contribution in [3.8, 4) is 0 Å². The highest BCUT2D eigenvalue weighted by molar-refractivity contribution is 6.51. The molecule has 1 atom stereocenters. The summed E-state index contributed by atoms with van der Waals surface area (Å²) in [7, 11) is 0. The van der Waals surface area contributed by atoms with Gasteiger partial charge in [0.15, 0.2) is 0 Å². The summed E-state index contributed by atoms with van der Waals surface area (Å²) in [6.45, 7) is 4.10. The molecule has 0 radical (unpaired) electrons. The number of aromatic nitrogens is 1. The van der Waals surface area contributed by atoms with E-state index in [0.717, 1.165) is 0 Å². The molecule has 3 aromatic rings. The lowest BCUT2D eigenvalue weighted by Crippen LogP contribution is -2.29. The van der Waals surface area contributed by atoms with Gasteiger partial charge in [0.05, 0.1) is 28.7 Å². The third kappa shape index (κ3) is 5.08. The molecular formula is C27H23N3O7. The number of esters is 1. The first-order valence-corrected chi connectivity index (χ1v) is 11.4. The molecule has 0 bridgehead atoms. The fourth-order valence-electron chi connectivity index (χ4n) is 3.93. The second-order valence-electron chi connectivity index (χ2n) is 8.80. The number of amides is 1. The second kappa shape index (κ2) is 10.4. The van der Waals surface area contributed by atoms with Crippen molar-refractivity contribution in [2.24, 2.45) is 5.92 Å². The third-order valence-electron chi connectivity index (χ3n) is 5.73. The Hall–Kier alpha value is -4.86. The zero-order valence-corrected chi connectivity index (χ0v) is 20.0. The monoisotopic (exact) mass is 501 g/mol. The van der Waals surface area contributed by atoms with Crippen LogP contribution >= 0.6 is 0 Å². The number of non-ortho nitro benzene ring substituents is 1. The van der Waals surface area contributed by atoms with Crippen LogP contribution in [-0.2, 0) is 14.3 Å². The lowest BCUT2D eigenvalue weighted by atomic mass is 9.96. The quantitative estimate of drug-likeness (QED) is 0.125. The smallest absolute Gasteiger partial charge is 0.338 e. The van der Waals surface area contributed by atoms with Gasteiger partial charge in [-0.15, -0.1) is 0 Å². The fourth-order valence-corrected chi connectivity index (χ4v) is 3.93. The van der Waals surface area contributed by atoms with Gasteiger partial charge < -0.3 is 9.84 Å². The largest absolute Gasteiger partial charge is 0.507 e. The van der Waals surface area contributed by atoms with Crippen LogP contribution in [0.25, 0.3) is 5.76 Å². The van der Waals surface area contributed by atoms with Crippen LogP contribution in [0.5, 0.6) is 0 Å². The summed E-state index contributed by atoms with van der Waals surface area (Å²) >= 11 is 0. The van der Waals surface area contributed by atoms with E-state index in [2.05, 4.69) is 4.98 Å². The maximum atomic E-state index is 13.2. The molecule has 0 saturated carbocycles. The highest BCUT2D eigenvalue weighted by Gasteiger charge is 2.47. The molecule has 2 aromatic carbocycles. The molecule has 0 spiro atoms. The number of carbonyl (C=O) groups excluding carboxylic acids is 3. The van der Waals surface area contributed by atoms with Gasteiger partial charge in [-0.3, -0.25) is 29.6 Å². The summed E-state index contributed by atoms with van der Waals surface area (Å²) in [4.78, 5) is 54.4. The molecule has 0 aliphatic carbocycles. The average Bonchev–Trinajstić information content (AvgIpc) is 3.17. The molecule has 10 heteroatoms. The molecule has 1 aliphatic rings. The van der Waals surface area contributed by atoms with Crippen LogP contribution in [0.2, 0.25) is 0 Å². The first kappa shape index (κ1) is 25.2. The molecule has 4 rings (SSSR count). The minimum Gasteiger partial charge on any atom is -0.507 e. The summed E-state index contributed by atoms with van der Waals surface area (Å²) in [6, 6.07) is 13.3. The zero-order valence-electron chi connectivity index (χ0n) is 20.0. The summed E-state index contributed by atoms with van der Waals surface area (Å²) in [5, 5.41) is 22.1. The number of ether oxygens (including phenoxy) is 1. The molecule has 188 valence electrons. The number of pyridine rings is 1. The Kier molecular flexibility index (Phi) is 7.10. The van der Waals surface area contributed by atoms with Crippen LogP contribution < -0.4 is 4.90 Å². The van der Waals surface area contributed by atoms with E-state index in [9.17, 15) is 29.6 Å². The molecule has 1 amide bonds. The Morgan fingerprint density at radius 1 is 1.08 bits per heavy atom. The SMILES string of the molecule is CC(C)COC(=O)c1ccc(N2C(=O)C(=O)/C(=C(\O)c3ccc([N+](=O)[O-])cc3)C2c2cccnc2)cc1. The van der Waals surface area contributed by atoms with Gasteiger partial charge in [0.25, 0.3) is 17.4 Å². The van der Waals surface area contributed by atoms with Crippen molar-refractivity contribution >= 4 is 34.8 Å². The Bertz CT molecular complexity index is 1380. The molecule has 2 heterocycles. The molecule has 1 saturated heterocycles. The number of rotatable bonds is 7. The highest BCUT2D eigenvalue weighted by atomic mass is 16.6. The number of benzene rings is 2. The number of Topliss-reactive ketones (excluding diaryl/α,β-unsaturated/α-hetero) is 1. The summed E-state index contributed by atoms with van der Waals surface area (Å²) < 4.78 is 5.24. The number of nitrogens with zero attached hydrogens (tertiary/aromatic N) is 3. The summed E-state index contributed by atoms with van der Waals surface area (Å²) in [6.07, 6.45) is 3.01. The Balaban J connectivity index is 1.77. The molecule has 37 heavy (non-hydrogen) atoms. The van der Waals surface area contributed by atoms with Gasteiger partial charge in [-0.1, -0.05) is 19.9 Å². The van der Waals surface area contributed by atoms with E-state index in [0.29, 0.717) is 11.3 Å². The predicted octanol–water partition coefficient (Wildman–Crippen LogP) is 4.43. The van der Waals surface area contributed by atoms with Crippen LogP contribution in [0.4, 0.5) is 11.4 Å². The van der Waals surface area contributed by atoms with Crippen molar-refractivity contribution < 1.29 is 29.2 Å². The van der Waals surface area contributed by atoms with Gasteiger partial charge in [0.1, 0.15) is 5.76 Å². The average molecular weight is 501 g/mol. The summed E-state index contributed by atoms with van der Waals surface area (Å²) in [5.41, 5.74) is 0.829. The number of nitro groups is 1. The lowest BCUT2D eigenvalue weighted by molar-refractivity contribution is -0.384. The predicted molar refractivity (Wildman–Crippen MR) is 134 cm³/mol. The number of aliphatic hydroxyl groups is 1. The molecule has 1 unspecified atom stereocenters. The van der Waals surface area contributed by atoms with E-state index >= 15 is 0 Å². The van der Waals surface area contributed by atoms with Crippen LogP contribution in [0.1, 0.15) is 41.4 Å². The number of hydrogen-bond donors (Lipinski definition) is 1. The number of ketones is 1. The molecule has 10 nitrogen and oxygen atoms in total. The van der Waals surface area contributed by atoms with E-state index in [1.807, 2.05) is 13.8 Å². The minimum absolute atomic E-state index is 0.140. The zero-order chi connectivity index (χ0) is 26.7. The van der Waals surface area contributed by atoms with E-state index in [1.54, 1.807) is 12.1 Å². The molecular weight excluding hydrogens is 478 g/mol. The van der Waals surface area contributed by atoms with Gasteiger partial charge in [-0.25, -0.2) is 4.79 Å². The van der Waals surface area contributed by atoms with Gasteiger partial charge in [-0.05, 0) is 53.9 Å². The topological polar surface area (TPSA) is 140 Å². The highest BCUT2D eigenvalue weighted by Crippen LogP contribution is 2.42. The van der Waals surface area contributed by atoms with Crippen LogP contribution in [-0.4, -0.2) is 39.3 Å². The van der Waals surface area contributed by atoms with Gasteiger partial charge in [0.2, 0.25) is 0 Å². The van der Waals surface area contributed by atoms with E-state index in [-0.39, 0.29) is 34.9 Å². The fraction of sp³-hybridized carbons (Fsp3) is 0.185. The number of hydrogen-bond acceptors (Lipinski definition) is 8. The molecule has 1 aromatic heterocycles.